The monoisotopic (exact) mass is 405 g/mol. The van der Waals surface area contributed by atoms with E-state index in [0.717, 1.165) is 0 Å². The molecule has 10 heteroatoms. The number of primary amides is 1. The van der Waals surface area contributed by atoms with E-state index in [1.165, 1.54) is 12.3 Å². The van der Waals surface area contributed by atoms with Crippen molar-refractivity contribution in [2.45, 2.75) is 26.8 Å². The van der Waals surface area contributed by atoms with E-state index >= 15 is 0 Å². The minimum absolute atomic E-state index is 0.0825. The number of carbonyl (C=O) groups is 2. The maximum Gasteiger partial charge on any atom is 0.274 e. The predicted octanol–water partition coefficient (Wildman–Crippen LogP) is 2.08. The molecule has 0 aliphatic heterocycles. The van der Waals surface area contributed by atoms with E-state index in [2.05, 4.69) is 25.5 Å². The minimum atomic E-state index is -0.627. The van der Waals surface area contributed by atoms with E-state index in [1.54, 1.807) is 28.9 Å². The fraction of sp³-hybridized carbons (Fsp3) is 0.200. The number of aromatic nitrogens is 5. The Morgan fingerprint density at radius 3 is 2.77 bits per heavy atom. The fourth-order valence-corrected chi connectivity index (χ4v) is 3.04. The molecule has 0 fully saturated rings. The van der Waals surface area contributed by atoms with Crippen molar-refractivity contribution in [3.05, 3.63) is 65.2 Å². The topological polar surface area (TPSA) is 142 Å². The van der Waals surface area contributed by atoms with Crippen LogP contribution in [0.1, 0.15) is 45.2 Å². The normalized spacial score (nSPS) is 11.0. The Balaban J connectivity index is 1.58. The fourth-order valence-electron chi connectivity index (χ4n) is 3.04. The van der Waals surface area contributed by atoms with Crippen molar-refractivity contribution >= 4 is 28.4 Å². The zero-order valence-corrected chi connectivity index (χ0v) is 16.4. The summed E-state index contributed by atoms with van der Waals surface area (Å²) < 4.78 is 6.83. The molecule has 3 heterocycles. The molecule has 0 bridgehead atoms. The Morgan fingerprint density at radius 1 is 1.23 bits per heavy atom. The van der Waals surface area contributed by atoms with Gasteiger partial charge in [-0.25, -0.2) is 4.98 Å². The second-order valence-corrected chi connectivity index (χ2v) is 6.65. The van der Waals surface area contributed by atoms with Gasteiger partial charge in [-0.2, -0.15) is 10.1 Å². The quantitative estimate of drug-likeness (QED) is 0.500. The average molecular weight is 405 g/mol. The summed E-state index contributed by atoms with van der Waals surface area (Å²) in [6.07, 6.45) is 2.20. The highest BCUT2D eigenvalue weighted by Crippen LogP contribution is 2.20. The lowest BCUT2D eigenvalue weighted by Gasteiger charge is -2.08. The summed E-state index contributed by atoms with van der Waals surface area (Å²) in [6.45, 7) is 4.03. The van der Waals surface area contributed by atoms with Crippen molar-refractivity contribution in [3.63, 3.8) is 0 Å². The molecule has 2 amide bonds. The molecule has 0 radical (unpaired) electrons. The lowest BCUT2D eigenvalue weighted by molar-refractivity contribution is 0.100. The Hall–Kier alpha value is -4.08. The molecule has 3 N–H and O–H groups in total. The minimum Gasteiger partial charge on any atom is -0.366 e. The van der Waals surface area contributed by atoms with Gasteiger partial charge in [0.1, 0.15) is 12.2 Å². The number of aryl methyl sites for hydroxylation is 1. The predicted molar refractivity (Wildman–Crippen MR) is 108 cm³/mol. The van der Waals surface area contributed by atoms with Crippen molar-refractivity contribution in [1.82, 2.24) is 24.9 Å². The van der Waals surface area contributed by atoms with Gasteiger partial charge >= 0.3 is 0 Å². The van der Waals surface area contributed by atoms with Crippen LogP contribution < -0.4 is 11.1 Å². The Bertz CT molecular complexity index is 1260. The zero-order valence-electron chi connectivity index (χ0n) is 16.4. The van der Waals surface area contributed by atoms with Crippen LogP contribution in [0.25, 0.3) is 10.9 Å². The molecule has 10 nitrogen and oxygen atoms in total. The number of hydrogen-bond acceptors (Lipinski definition) is 7. The zero-order chi connectivity index (χ0) is 21.3. The van der Waals surface area contributed by atoms with Crippen LogP contribution in [0.2, 0.25) is 0 Å². The van der Waals surface area contributed by atoms with Gasteiger partial charge < -0.3 is 15.6 Å². The lowest BCUT2D eigenvalue weighted by atomic mass is 10.1. The largest absolute Gasteiger partial charge is 0.366 e. The molecular formula is C20H19N7O3. The van der Waals surface area contributed by atoms with Crippen molar-refractivity contribution in [3.8, 4) is 0 Å². The molecule has 152 valence electrons. The molecule has 4 rings (SSSR count). The number of para-hydroxylation sites is 1. The second-order valence-electron chi connectivity index (χ2n) is 6.65. The first-order valence-electron chi connectivity index (χ1n) is 9.31. The number of nitrogens with zero attached hydrogens (tertiary/aromatic N) is 5. The van der Waals surface area contributed by atoms with E-state index in [1.807, 2.05) is 13.8 Å². The van der Waals surface area contributed by atoms with Crippen LogP contribution in [0.4, 0.5) is 5.69 Å². The Morgan fingerprint density at radius 2 is 2.03 bits per heavy atom. The smallest absolute Gasteiger partial charge is 0.274 e. The van der Waals surface area contributed by atoms with Crippen LogP contribution in [-0.2, 0) is 13.0 Å². The number of benzene rings is 1. The van der Waals surface area contributed by atoms with Gasteiger partial charge in [-0.1, -0.05) is 30.3 Å². The van der Waals surface area contributed by atoms with Gasteiger partial charge in [0, 0.05) is 11.8 Å². The van der Waals surface area contributed by atoms with E-state index in [9.17, 15) is 9.59 Å². The number of anilines is 1. The highest BCUT2D eigenvalue weighted by molar-refractivity contribution is 6.10. The van der Waals surface area contributed by atoms with Gasteiger partial charge in [0.15, 0.2) is 5.82 Å². The van der Waals surface area contributed by atoms with Crippen LogP contribution in [0.5, 0.6) is 0 Å². The highest BCUT2D eigenvalue weighted by Gasteiger charge is 2.17. The third-order valence-electron chi connectivity index (χ3n) is 4.68. The number of pyridine rings is 1. The molecule has 4 aromatic rings. The number of nitrogens with one attached hydrogen (secondary N) is 1. The third-order valence-corrected chi connectivity index (χ3v) is 4.68. The first-order chi connectivity index (χ1) is 14.5. The number of nitrogens with two attached hydrogens (primary N) is 1. The van der Waals surface area contributed by atoms with Gasteiger partial charge in [-0.3, -0.25) is 14.3 Å². The van der Waals surface area contributed by atoms with E-state index in [-0.39, 0.29) is 17.8 Å². The summed E-state index contributed by atoms with van der Waals surface area (Å²) >= 11 is 0. The van der Waals surface area contributed by atoms with E-state index in [0.29, 0.717) is 40.4 Å². The number of amides is 2. The SMILES string of the molecule is CCc1noc(Cn2ncc(NC(=O)c3cc(C(N)=O)c4ccccc4n3)c2C)n1. The van der Waals surface area contributed by atoms with Crippen LogP contribution in [0.3, 0.4) is 0 Å². The molecule has 0 unspecified atom stereocenters. The molecule has 1 aromatic carbocycles. The van der Waals surface area contributed by atoms with Crippen molar-refractivity contribution in [2.75, 3.05) is 5.32 Å². The first-order valence-corrected chi connectivity index (χ1v) is 9.31. The summed E-state index contributed by atoms with van der Waals surface area (Å²) in [5, 5.41) is 11.5. The first kappa shape index (κ1) is 19.2. The van der Waals surface area contributed by atoms with Gasteiger partial charge in [0.25, 0.3) is 5.91 Å². The van der Waals surface area contributed by atoms with Crippen LogP contribution in [0.15, 0.2) is 41.1 Å². The van der Waals surface area contributed by atoms with E-state index < -0.39 is 11.8 Å². The molecule has 0 atom stereocenters. The summed E-state index contributed by atoms with van der Waals surface area (Å²) in [7, 11) is 0. The third kappa shape index (κ3) is 3.62. The van der Waals surface area contributed by atoms with Gasteiger partial charge in [0.05, 0.1) is 28.7 Å². The van der Waals surface area contributed by atoms with Crippen molar-refractivity contribution < 1.29 is 14.1 Å². The summed E-state index contributed by atoms with van der Waals surface area (Å²) in [5.74, 6) is -0.0520. The molecule has 3 aromatic heterocycles. The van der Waals surface area contributed by atoms with Gasteiger partial charge in [-0.15, -0.1) is 0 Å². The lowest BCUT2D eigenvalue weighted by Crippen LogP contribution is -2.18. The van der Waals surface area contributed by atoms with Crippen LogP contribution in [0, 0.1) is 6.92 Å². The summed E-state index contributed by atoms with van der Waals surface area (Å²) in [4.78, 5) is 33.2. The number of fused-ring (bicyclic) bond motifs is 1. The molecule has 0 saturated heterocycles. The highest BCUT2D eigenvalue weighted by atomic mass is 16.5. The average Bonchev–Trinajstić information content (AvgIpc) is 3.34. The summed E-state index contributed by atoms with van der Waals surface area (Å²) in [5.41, 5.74) is 7.52. The standard InChI is InChI=1S/C20H19N7O3/c1-3-17-25-18(30-26-17)10-27-11(2)16(9-22-27)24-20(29)15-8-13(19(21)28)12-6-4-5-7-14(12)23-15/h4-9H,3,10H2,1-2H3,(H2,21,28)(H,24,29). The van der Waals surface area contributed by atoms with Crippen molar-refractivity contribution in [1.29, 1.82) is 0 Å². The Labute approximate surface area is 171 Å². The van der Waals surface area contributed by atoms with Crippen molar-refractivity contribution in [2.24, 2.45) is 5.73 Å². The maximum atomic E-state index is 12.8. The molecule has 0 aliphatic carbocycles. The van der Waals surface area contributed by atoms with Gasteiger partial charge in [-0.05, 0) is 19.1 Å². The summed E-state index contributed by atoms with van der Waals surface area (Å²) in [6, 6.07) is 8.40. The molecule has 0 spiro atoms. The Kier molecular flexibility index (Phi) is 4.97. The van der Waals surface area contributed by atoms with E-state index in [4.69, 9.17) is 10.3 Å². The molecule has 30 heavy (non-hydrogen) atoms. The maximum absolute atomic E-state index is 12.8. The van der Waals surface area contributed by atoms with Gasteiger partial charge in [0.2, 0.25) is 11.8 Å². The second kappa shape index (κ2) is 7.74. The van der Waals surface area contributed by atoms with Crippen LogP contribution in [-0.4, -0.2) is 36.7 Å². The number of carbonyl (C=O) groups excluding carboxylic acids is 2. The number of hydrogen-bond donors (Lipinski definition) is 2. The number of rotatable bonds is 6. The molecular weight excluding hydrogens is 386 g/mol. The van der Waals surface area contributed by atoms with Crippen LogP contribution >= 0.6 is 0 Å². The molecule has 0 aliphatic rings. The molecule has 0 saturated carbocycles.